The third-order valence-electron chi connectivity index (χ3n) is 3.63. The van der Waals surface area contributed by atoms with E-state index in [1.807, 2.05) is 28.2 Å². The summed E-state index contributed by atoms with van der Waals surface area (Å²) in [5.74, 6) is 2.76. The minimum atomic E-state index is 0. The van der Waals surface area contributed by atoms with Crippen LogP contribution in [0.5, 0.6) is 0 Å². The molecule has 1 heterocycles. The van der Waals surface area contributed by atoms with Crippen molar-refractivity contribution in [1.29, 1.82) is 0 Å². The first-order valence-electron chi connectivity index (χ1n) is 7.51. The summed E-state index contributed by atoms with van der Waals surface area (Å²) in [6.45, 7) is 9.38. The van der Waals surface area contributed by atoms with E-state index in [0.29, 0.717) is 0 Å². The minimum Gasteiger partial charge on any atom is -0.349 e. The number of halogens is 1. The van der Waals surface area contributed by atoms with E-state index in [0.717, 1.165) is 30.8 Å². The Bertz CT molecular complexity index is 272. The van der Waals surface area contributed by atoms with E-state index < -0.39 is 0 Å². The molecule has 0 aromatic carbocycles. The van der Waals surface area contributed by atoms with Crippen LogP contribution in [0.1, 0.15) is 26.7 Å². The average molecular weight is 396 g/mol. The van der Waals surface area contributed by atoms with Gasteiger partial charge in [0.2, 0.25) is 0 Å². The molecule has 0 N–H and O–H groups in total. The van der Waals surface area contributed by atoms with Gasteiger partial charge in [0.05, 0.1) is 0 Å². The topological polar surface area (TPSA) is 22.1 Å². The Kier molecular flexibility index (Phi) is 9.80. The maximum atomic E-state index is 4.69. The molecule has 20 heavy (non-hydrogen) atoms. The molecule has 2 unspecified atom stereocenters. The second kappa shape index (κ2) is 9.82. The van der Waals surface area contributed by atoms with Gasteiger partial charge in [-0.15, -0.1) is 24.0 Å². The lowest BCUT2D eigenvalue weighted by atomic mass is 9.92. The Morgan fingerprint density at radius 3 is 2.00 bits per heavy atom. The molecule has 4 nitrogen and oxygen atoms in total. The van der Waals surface area contributed by atoms with Crippen LogP contribution in [0.25, 0.3) is 0 Å². The van der Waals surface area contributed by atoms with Crippen LogP contribution >= 0.6 is 24.0 Å². The maximum Gasteiger partial charge on any atom is 0.195 e. The van der Waals surface area contributed by atoms with E-state index in [1.54, 1.807) is 0 Å². The summed E-state index contributed by atoms with van der Waals surface area (Å²) in [5, 5.41) is 0. The highest BCUT2D eigenvalue weighted by molar-refractivity contribution is 14.0. The molecule has 1 saturated heterocycles. The van der Waals surface area contributed by atoms with Crippen molar-refractivity contribution < 1.29 is 0 Å². The molecule has 0 aromatic heterocycles. The van der Waals surface area contributed by atoms with Gasteiger partial charge in [0.1, 0.15) is 0 Å². The van der Waals surface area contributed by atoms with Crippen LogP contribution < -0.4 is 0 Å². The summed E-state index contributed by atoms with van der Waals surface area (Å²) < 4.78 is 0. The number of aliphatic imine (C=N–C) groups is 1. The number of hydrogen-bond acceptors (Lipinski definition) is 2. The minimum absolute atomic E-state index is 0. The molecule has 120 valence electrons. The van der Waals surface area contributed by atoms with Crippen molar-refractivity contribution in [3.05, 3.63) is 0 Å². The first-order chi connectivity index (χ1) is 8.90. The molecule has 2 atom stereocenters. The number of rotatable bonds is 4. The van der Waals surface area contributed by atoms with E-state index in [4.69, 9.17) is 0 Å². The Morgan fingerprint density at radius 1 is 1.05 bits per heavy atom. The fourth-order valence-electron chi connectivity index (χ4n) is 3.13. The van der Waals surface area contributed by atoms with Crippen molar-refractivity contribution in [1.82, 2.24) is 14.7 Å². The molecule has 1 fully saturated rings. The van der Waals surface area contributed by atoms with Crippen LogP contribution in [0.4, 0.5) is 0 Å². The van der Waals surface area contributed by atoms with Crippen LogP contribution in [0.2, 0.25) is 0 Å². The molecule has 0 spiro atoms. The average Bonchev–Trinajstić information content (AvgIpc) is 2.26. The fraction of sp³-hybridized carbons (Fsp3) is 0.933. The van der Waals surface area contributed by atoms with Crippen LogP contribution in [0.15, 0.2) is 4.99 Å². The first kappa shape index (κ1) is 20.0. The largest absolute Gasteiger partial charge is 0.349 e. The summed E-state index contributed by atoms with van der Waals surface area (Å²) in [4.78, 5) is 11.4. The van der Waals surface area contributed by atoms with E-state index in [9.17, 15) is 0 Å². The second-order valence-corrected chi connectivity index (χ2v) is 6.53. The lowest BCUT2D eigenvalue weighted by Crippen LogP contribution is -2.39. The number of nitrogens with zero attached hydrogens (tertiary/aromatic N) is 4. The molecule has 0 bridgehead atoms. The second-order valence-electron chi connectivity index (χ2n) is 6.53. The van der Waals surface area contributed by atoms with Crippen molar-refractivity contribution in [2.75, 3.05) is 54.4 Å². The highest BCUT2D eigenvalue weighted by atomic mass is 127. The molecule has 5 heteroatoms. The molecular weight excluding hydrogens is 363 g/mol. The monoisotopic (exact) mass is 396 g/mol. The lowest BCUT2D eigenvalue weighted by molar-refractivity contribution is 0.140. The van der Waals surface area contributed by atoms with Gasteiger partial charge in [0.25, 0.3) is 0 Å². The summed E-state index contributed by atoms with van der Waals surface area (Å²) >= 11 is 0. The molecule has 0 amide bonds. The summed E-state index contributed by atoms with van der Waals surface area (Å²) in [6, 6.07) is 0. The van der Waals surface area contributed by atoms with E-state index in [1.165, 1.54) is 26.1 Å². The van der Waals surface area contributed by atoms with Gasteiger partial charge in [0.15, 0.2) is 5.96 Å². The predicted molar refractivity (Wildman–Crippen MR) is 99.1 cm³/mol. The Balaban J connectivity index is 0.00000361. The van der Waals surface area contributed by atoms with Crippen LogP contribution in [0.3, 0.4) is 0 Å². The highest BCUT2D eigenvalue weighted by Gasteiger charge is 2.20. The molecule has 1 rings (SSSR count). The Hall–Kier alpha value is -0.0400. The lowest BCUT2D eigenvalue weighted by Gasteiger charge is -2.34. The fourth-order valence-corrected chi connectivity index (χ4v) is 3.13. The summed E-state index contributed by atoms with van der Waals surface area (Å²) in [6.07, 6.45) is 2.55. The van der Waals surface area contributed by atoms with Crippen molar-refractivity contribution in [2.24, 2.45) is 16.8 Å². The molecule has 0 saturated carbocycles. The van der Waals surface area contributed by atoms with Crippen LogP contribution in [-0.4, -0.2) is 75.0 Å². The number of likely N-dealkylation sites (tertiary alicyclic amines) is 1. The van der Waals surface area contributed by atoms with Crippen molar-refractivity contribution in [2.45, 2.75) is 26.7 Å². The van der Waals surface area contributed by atoms with E-state index >= 15 is 0 Å². The van der Waals surface area contributed by atoms with Gasteiger partial charge in [-0.25, -0.2) is 0 Å². The van der Waals surface area contributed by atoms with Crippen molar-refractivity contribution in [3.8, 4) is 0 Å². The van der Waals surface area contributed by atoms with Gasteiger partial charge < -0.3 is 14.7 Å². The third-order valence-corrected chi connectivity index (χ3v) is 3.63. The number of piperidine rings is 1. The standard InChI is InChI=1S/C15H32N4.HI/c1-13-10-14(2)12-19(11-13)9-7-8-16-15(17(3)4)18(5)6;/h13-14H,7-12H2,1-6H3;1H. The quantitative estimate of drug-likeness (QED) is 0.316. The maximum absolute atomic E-state index is 4.69. The van der Waals surface area contributed by atoms with E-state index in [2.05, 4.69) is 33.5 Å². The zero-order valence-corrected chi connectivity index (χ0v) is 16.4. The molecule has 0 radical (unpaired) electrons. The smallest absolute Gasteiger partial charge is 0.195 e. The normalized spacial score (nSPS) is 22.9. The van der Waals surface area contributed by atoms with Crippen molar-refractivity contribution in [3.63, 3.8) is 0 Å². The van der Waals surface area contributed by atoms with Gasteiger partial charge >= 0.3 is 0 Å². The van der Waals surface area contributed by atoms with Crippen LogP contribution in [-0.2, 0) is 0 Å². The van der Waals surface area contributed by atoms with Gasteiger partial charge in [-0.1, -0.05) is 13.8 Å². The van der Waals surface area contributed by atoms with Crippen molar-refractivity contribution >= 4 is 29.9 Å². The van der Waals surface area contributed by atoms with Crippen LogP contribution in [0, 0.1) is 11.8 Å². The van der Waals surface area contributed by atoms with Gasteiger partial charge in [-0.05, 0) is 31.2 Å². The molecule has 1 aliphatic heterocycles. The van der Waals surface area contributed by atoms with E-state index in [-0.39, 0.29) is 24.0 Å². The Labute approximate surface area is 142 Å². The molecule has 1 aliphatic rings. The van der Waals surface area contributed by atoms with Gasteiger partial charge in [-0.2, -0.15) is 0 Å². The molecular formula is C15H33IN4. The van der Waals surface area contributed by atoms with Gasteiger partial charge in [0, 0.05) is 47.8 Å². The third kappa shape index (κ3) is 7.11. The zero-order chi connectivity index (χ0) is 14.4. The first-order valence-corrected chi connectivity index (χ1v) is 7.51. The van der Waals surface area contributed by atoms with Gasteiger partial charge in [-0.3, -0.25) is 4.99 Å². The summed E-state index contributed by atoms with van der Waals surface area (Å²) in [5.41, 5.74) is 0. The highest BCUT2D eigenvalue weighted by Crippen LogP contribution is 2.20. The number of guanidine groups is 1. The number of hydrogen-bond donors (Lipinski definition) is 0. The predicted octanol–water partition coefficient (Wildman–Crippen LogP) is 2.45. The molecule has 0 aliphatic carbocycles. The Morgan fingerprint density at radius 2 is 1.55 bits per heavy atom. The SMILES string of the molecule is CC1CC(C)CN(CCCN=C(N(C)C)N(C)C)C1.I. The summed E-state index contributed by atoms with van der Waals surface area (Å²) in [7, 11) is 8.19. The molecule has 0 aromatic rings. The zero-order valence-electron chi connectivity index (χ0n) is 14.1.